The highest BCUT2D eigenvalue weighted by Gasteiger charge is 2.42. The van der Waals surface area contributed by atoms with Gasteiger partial charge in [-0.3, -0.25) is 9.69 Å². The molecule has 0 aromatic heterocycles. The summed E-state index contributed by atoms with van der Waals surface area (Å²) in [5, 5.41) is 3.33. The van der Waals surface area contributed by atoms with Crippen molar-refractivity contribution in [3.63, 3.8) is 0 Å². The van der Waals surface area contributed by atoms with Crippen molar-refractivity contribution in [1.29, 1.82) is 0 Å². The summed E-state index contributed by atoms with van der Waals surface area (Å²) in [5.41, 5.74) is -0.142. The van der Waals surface area contributed by atoms with Gasteiger partial charge in [-0.25, -0.2) is 0 Å². The summed E-state index contributed by atoms with van der Waals surface area (Å²) in [4.78, 5) is 17.4. The minimum absolute atomic E-state index is 0. The van der Waals surface area contributed by atoms with Gasteiger partial charge < -0.3 is 10.2 Å². The molecule has 3 fully saturated rings. The van der Waals surface area contributed by atoms with Gasteiger partial charge in [-0.05, 0) is 52.2 Å². The van der Waals surface area contributed by atoms with Gasteiger partial charge in [-0.2, -0.15) is 0 Å². The second-order valence-corrected chi connectivity index (χ2v) is 6.78. The SMILES string of the molecule is CC1(C(=O)N2CCC(N3CCCCC3)C2)CCNC1.Cl.Cl. The second kappa shape index (κ2) is 8.00. The smallest absolute Gasteiger partial charge is 0.229 e. The Kier molecular flexibility index (Phi) is 7.25. The van der Waals surface area contributed by atoms with Crippen LogP contribution in [0.15, 0.2) is 0 Å². The van der Waals surface area contributed by atoms with Gasteiger partial charge in [0.2, 0.25) is 5.91 Å². The average Bonchev–Trinajstić information content (AvgIpc) is 3.09. The molecule has 1 N–H and O–H groups in total. The highest BCUT2D eigenvalue weighted by atomic mass is 35.5. The van der Waals surface area contributed by atoms with E-state index < -0.39 is 0 Å². The van der Waals surface area contributed by atoms with Gasteiger partial charge in [0.05, 0.1) is 5.41 Å². The molecule has 0 aromatic rings. The van der Waals surface area contributed by atoms with Crippen LogP contribution in [0.3, 0.4) is 0 Å². The second-order valence-electron chi connectivity index (χ2n) is 6.78. The van der Waals surface area contributed by atoms with Crippen molar-refractivity contribution in [2.45, 2.75) is 45.1 Å². The van der Waals surface area contributed by atoms with Gasteiger partial charge >= 0.3 is 0 Å². The molecule has 2 atom stereocenters. The molecule has 4 nitrogen and oxygen atoms in total. The molecule has 124 valence electrons. The van der Waals surface area contributed by atoms with Crippen molar-refractivity contribution >= 4 is 30.7 Å². The number of likely N-dealkylation sites (tertiary alicyclic amines) is 2. The fourth-order valence-electron chi connectivity index (χ4n) is 3.89. The van der Waals surface area contributed by atoms with E-state index in [9.17, 15) is 4.79 Å². The summed E-state index contributed by atoms with van der Waals surface area (Å²) < 4.78 is 0. The molecule has 3 heterocycles. The topological polar surface area (TPSA) is 35.6 Å². The van der Waals surface area contributed by atoms with E-state index >= 15 is 0 Å². The molecular formula is C15H29Cl2N3O. The minimum atomic E-state index is -0.142. The van der Waals surface area contributed by atoms with Crippen molar-refractivity contribution < 1.29 is 4.79 Å². The summed E-state index contributed by atoms with van der Waals surface area (Å²) in [5.74, 6) is 0.386. The largest absolute Gasteiger partial charge is 0.341 e. The maximum atomic E-state index is 12.7. The molecule has 3 rings (SSSR count). The predicted molar refractivity (Wildman–Crippen MR) is 90.5 cm³/mol. The Balaban J connectivity index is 0.00000110. The highest BCUT2D eigenvalue weighted by molar-refractivity contribution is 5.85. The van der Waals surface area contributed by atoms with E-state index in [1.807, 2.05) is 0 Å². The molecular weight excluding hydrogens is 309 g/mol. The molecule has 0 aromatic carbocycles. The van der Waals surface area contributed by atoms with E-state index in [4.69, 9.17) is 0 Å². The third kappa shape index (κ3) is 4.04. The van der Waals surface area contributed by atoms with Crippen LogP contribution in [0.2, 0.25) is 0 Å². The molecule has 6 heteroatoms. The van der Waals surface area contributed by atoms with Gasteiger partial charge in [0, 0.05) is 25.7 Å². The zero-order valence-corrected chi connectivity index (χ0v) is 14.6. The fourth-order valence-corrected chi connectivity index (χ4v) is 3.89. The first kappa shape index (κ1) is 19.0. The summed E-state index contributed by atoms with van der Waals surface area (Å²) in [7, 11) is 0. The van der Waals surface area contributed by atoms with Crippen LogP contribution >= 0.6 is 24.8 Å². The quantitative estimate of drug-likeness (QED) is 0.836. The van der Waals surface area contributed by atoms with Crippen molar-refractivity contribution in [2.24, 2.45) is 5.41 Å². The van der Waals surface area contributed by atoms with Crippen LogP contribution in [0.1, 0.15) is 39.0 Å². The van der Waals surface area contributed by atoms with E-state index in [2.05, 4.69) is 22.0 Å². The lowest BCUT2D eigenvalue weighted by Gasteiger charge is -2.33. The number of carbonyl (C=O) groups is 1. The fraction of sp³-hybridized carbons (Fsp3) is 0.933. The summed E-state index contributed by atoms with van der Waals surface area (Å²) in [6.07, 6.45) is 6.24. The molecule has 3 saturated heterocycles. The maximum Gasteiger partial charge on any atom is 0.229 e. The van der Waals surface area contributed by atoms with Crippen LogP contribution < -0.4 is 5.32 Å². The van der Waals surface area contributed by atoms with Crippen molar-refractivity contribution in [3.05, 3.63) is 0 Å². The molecule has 1 amide bonds. The van der Waals surface area contributed by atoms with Crippen LogP contribution in [0.5, 0.6) is 0 Å². The number of carbonyl (C=O) groups excluding carboxylic acids is 1. The first-order valence-electron chi connectivity index (χ1n) is 7.93. The molecule has 2 unspecified atom stereocenters. The van der Waals surface area contributed by atoms with E-state index in [1.54, 1.807) is 0 Å². The number of hydrogen-bond acceptors (Lipinski definition) is 3. The Morgan fingerprint density at radius 3 is 2.48 bits per heavy atom. The molecule has 0 aliphatic carbocycles. The Labute approximate surface area is 140 Å². The van der Waals surface area contributed by atoms with E-state index in [-0.39, 0.29) is 30.2 Å². The minimum Gasteiger partial charge on any atom is -0.341 e. The van der Waals surface area contributed by atoms with Crippen LogP contribution in [0, 0.1) is 5.41 Å². The van der Waals surface area contributed by atoms with Gasteiger partial charge in [0.15, 0.2) is 0 Å². The Morgan fingerprint density at radius 1 is 1.14 bits per heavy atom. The Morgan fingerprint density at radius 2 is 1.86 bits per heavy atom. The Hall–Kier alpha value is -0.0300. The average molecular weight is 338 g/mol. The predicted octanol–water partition coefficient (Wildman–Crippen LogP) is 1.92. The zero-order chi connectivity index (χ0) is 13.3. The van der Waals surface area contributed by atoms with Crippen molar-refractivity contribution in [1.82, 2.24) is 15.1 Å². The van der Waals surface area contributed by atoms with Crippen molar-refractivity contribution in [2.75, 3.05) is 39.3 Å². The molecule has 3 aliphatic rings. The standard InChI is InChI=1S/C15H27N3O.2ClH/c1-15(6-7-16-12-15)14(19)18-10-5-13(11-18)17-8-3-2-4-9-17;;/h13,16H,2-12H2,1H3;2*1H. The van der Waals surface area contributed by atoms with Gasteiger partial charge in [-0.15, -0.1) is 24.8 Å². The van der Waals surface area contributed by atoms with Crippen LogP contribution in [-0.2, 0) is 4.79 Å². The number of amides is 1. The monoisotopic (exact) mass is 337 g/mol. The molecule has 0 spiro atoms. The lowest BCUT2D eigenvalue weighted by atomic mass is 9.88. The number of nitrogens with zero attached hydrogens (tertiary/aromatic N) is 2. The number of rotatable bonds is 2. The lowest BCUT2D eigenvalue weighted by Crippen LogP contribution is -2.45. The number of nitrogens with one attached hydrogen (secondary N) is 1. The van der Waals surface area contributed by atoms with E-state index in [0.717, 1.165) is 32.6 Å². The molecule has 3 aliphatic heterocycles. The third-order valence-corrected chi connectivity index (χ3v) is 5.24. The van der Waals surface area contributed by atoms with Gasteiger partial charge in [0.25, 0.3) is 0 Å². The van der Waals surface area contributed by atoms with E-state index in [0.29, 0.717) is 11.9 Å². The molecule has 0 saturated carbocycles. The lowest BCUT2D eigenvalue weighted by molar-refractivity contribution is -0.139. The number of piperidine rings is 1. The first-order chi connectivity index (χ1) is 9.19. The maximum absolute atomic E-state index is 12.7. The van der Waals surface area contributed by atoms with Gasteiger partial charge in [-0.1, -0.05) is 6.42 Å². The molecule has 0 bridgehead atoms. The normalized spacial score (nSPS) is 33.4. The molecule has 21 heavy (non-hydrogen) atoms. The van der Waals surface area contributed by atoms with E-state index in [1.165, 1.54) is 38.8 Å². The highest BCUT2D eigenvalue weighted by Crippen LogP contribution is 2.30. The third-order valence-electron chi connectivity index (χ3n) is 5.24. The van der Waals surface area contributed by atoms with Crippen LogP contribution in [-0.4, -0.2) is 61.0 Å². The number of hydrogen-bond donors (Lipinski definition) is 1. The summed E-state index contributed by atoms with van der Waals surface area (Å²) in [6.45, 7) is 8.40. The zero-order valence-electron chi connectivity index (χ0n) is 13.0. The Bertz CT molecular complexity index is 342. The van der Waals surface area contributed by atoms with Gasteiger partial charge in [0.1, 0.15) is 0 Å². The van der Waals surface area contributed by atoms with Crippen LogP contribution in [0.4, 0.5) is 0 Å². The molecule has 0 radical (unpaired) electrons. The van der Waals surface area contributed by atoms with Crippen LogP contribution in [0.25, 0.3) is 0 Å². The first-order valence-corrected chi connectivity index (χ1v) is 7.93. The summed E-state index contributed by atoms with van der Waals surface area (Å²) >= 11 is 0. The van der Waals surface area contributed by atoms with Crippen molar-refractivity contribution in [3.8, 4) is 0 Å². The summed E-state index contributed by atoms with van der Waals surface area (Å²) in [6, 6.07) is 0.627. The number of halogens is 2.